The van der Waals surface area contributed by atoms with Gasteiger partial charge < -0.3 is 0 Å². The molecule has 0 unspecified atom stereocenters. The maximum Gasteiger partial charge on any atom is 0.123 e. The highest BCUT2D eigenvalue weighted by Crippen LogP contribution is 2.29. The first-order valence-electron chi connectivity index (χ1n) is 9.58. The molecule has 0 aliphatic carbocycles. The third-order valence-electron chi connectivity index (χ3n) is 5.20. The van der Waals surface area contributed by atoms with Gasteiger partial charge in [-0.15, -0.1) is 0 Å². The van der Waals surface area contributed by atoms with Crippen molar-refractivity contribution in [2.45, 2.75) is 0 Å². The van der Waals surface area contributed by atoms with Crippen LogP contribution in [0.15, 0.2) is 109 Å². The second-order valence-corrected chi connectivity index (χ2v) is 7.08. The second kappa shape index (κ2) is 7.33. The summed E-state index contributed by atoms with van der Waals surface area (Å²) in [4.78, 5) is 4.41. The maximum absolute atomic E-state index is 13.2. The maximum atomic E-state index is 13.2. The molecule has 0 spiro atoms. The highest BCUT2D eigenvalue weighted by molar-refractivity contribution is 5.91. The number of hydrogen-bond acceptors (Lipinski definition) is 1. The molecule has 29 heavy (non-hydrogen) atoms. The molecule has 0 atom stereocenters. The molecular weight excluding hydrogens is 357 g/mol. The molecule has 5 aromatic rings. The van der Waals surface area contributed by atoms with Crippen LogP contribution >= 0.6 is 0 Å². The van der Waals surface area contributed by atoms with Crippen molar-refractivity contribution in [2.75, 3.05) is 0 Å². The average Bonchev–Trinajstić information content (AvgIpc) is 2.80. The minimum absolute atomic E-state index is 0.215. The Morgan fingerprint density at radius 1 is 0.483 bits per heavy atom. The summed E-state index contributed by atoms with van der Waals surface area (Å²) in [6.45, 7) is 0. The van der Waals surface area contributed by atoms with E-state index in [4.69, 9.17) is 0 Å². The van der Waals surface area contributed by atoms with Crippen molar-refractivity contribution in [1.82, 2.24) is 4.98 Å². The number of benzene rings is 4. The van der Waals surface area contributed by atoms with Crippen molar-refractivity contribution in [2.24, 2.45) is 0 Å². The number of nitrogens with zero attached hydrogens (tertiary/aromatic N) is 1. The van der Waals surface area contributed by atoms with E-state index >= 15 is 0 Å². The van der Waals surface area contributed by atoms with Crippen LogP contribution < -0.4 is 0 Å². The molecule has 1 nitrogen and oxygen atoms in total. The van der Waals surface area contributed by atoms with Crippen LogP contribution in [0.25, 0.3) is 44.3 Å². The van der Waals surface area contributed by atoms with Crippen LogP contribution in [0, 0.1) is 5.82 Å². The monoisotopic (exact) mass is 375 g/mol. The molecule has 0 amide bonds. The molecule has 1 aromatic heterocycles. The number of aromatic nitrogens is 1. The molecule has 0 radical (unpaired) electrons. The van der Waals surface area contributed by atoms with E-state index in [1.54, 1.807) is 0 Å². The number of halogens is 1. The van der Waals surface area contributed by atoms with E-state index < -0.39 is 0 Å². The van der Waals surface area contributed by atoms with E-state index in [0.29, 0.717) is 0 Å². The van der Waals surface area contributed by atoms with Crippen LogP contribution in [0.1, 0.15) is 0 Å². The number of pyridine rings is 1. The van der Waals surface area contributed by atoms with Gasteiger partial charge in [-0.3, -0.25) is 4.98 Å². The summed E-state index contributed by atoms with van der Waals surface area (Å²) in [6.07, 6.45) is 1.81. The molecule has 138 valence electrons. The lowest BCUT2D eigenvalue weighted by molar-refractivity contribution is 0.628. The third-order valence-corrected chi connectivity index (χ3v) is 5.20. The fourth-order valence-corrected chi connectivity index (χ4v) is 3.61. The summed E-state index contributed by atoms with van der Waals surface area (Å²) in [7, 11) is 0. The normalized spacial score (nSPS) is 10.9. The van der Waals surface area contributed by atoms with Crippen LogP contribution in [-0.2, 0) is 0 Å². The lowest BCUT2D eigenvalue weighted by atomic mass is 9.97. The van der Waals surface area contributed by atoms with Gasteiger partial charge in [-0.1, -0.05) is 66.7 Å². The van der Waals surface area contributed by atoms with E-state index in [1.807, 2.05) is 36.5 Å². The van der Waals surface area contributed by atoms with Gasteiger partial charge in [0.2, 0.25) is 0 Å². The molecule has 0 aliphatic rings. The van der Waals surface area contributed by atoms with Gasteiger partial charge in [-0.25, -0.2) is 4.39 Å². The first-order valence-corrected chi connectivity index (χ1v) is 9.58. The van der Waals surface area contributed by atoms with E-state index in [1.165, 1.54) is 34.0 Å². The number of rotatable bonds is 3. The van der Waals surface area contributed by atoms with Gasteiger partial charge in [-0.2, -0.15) is 0 Å². The van der Waals surface area contributed by atoms with Gasteiger partial charge in [0.1, 0.15) is 5.82 Å². The van der Waals surface area contributed by atoms with Crippen LogP contribution in [0.5, 0.6) is 0 Å². The fourth-order valence-electron chi connectivity index (χ4n) is 3.61. The van der Waals surface area contributed by atoms with Gasteiger partial charge in [0.25, 0.3) is 0 Å². The van der Waals surface area contributed by atoms with Gasteiger partial charge in [-0.05, 0) is 69.4 Å². The predicted molar refractivity (Wildman–Crippen MR) is 118 cm³/mol. The molecule has 2 heteroatoms. The molecule has 0 N–H and O–H groups in total. The van der Waals surface area contributed by atoms with Crippen molar-refractivity contribution >= 4 is 10.8 Å². The van der Waals surface area contributed by atoms with Crippen LogP contribution in [0.3, 0.4) is 0 Å². The molecule has 0 aliphatic heterocycles. The smallest absolute Gasteiger partial charge is 0.123 e. The number of hydrogen-bond donors (Lipinski definition) is 0. The Kier molecular flexibility index (Phi) is 4.38. The Labute approximate surface area is 169 Å². The minimum Gasteiger partial charge on any atom is -0.256 e. The zero-order valence-corrected chi connectivity index (χ0v) is 15.7. The summed E-state index contributed by atoms with van der Waals surface area (Å²) in [5.74, 6) is -0.215. The zero-order chi connectivity index (χ0) is 19.6. The Bertz CT molecular complexity index is 1270. The average molecular weight is 375 g/mol. The van der Waals surface area contributed by atoms with Crippen LogP contribution in [0.4, 0.5) is 4.39 Å². The third kappa shape index (κ3) is 3.53. The van der Waals surface area contributed by atoms with Crippen molar-refractivity contribution in [1.29, 1.82) is 0 Å². The minimum atomic E-state index is -0.215. The summed E-state index contributed by atoms with van der Waals surface area (Å²) < 4.78 is 13.2. The van der Waals surface area contributed by atoms with E-state index in [0.717, 1.165) is 22.4 Å². The standard InChI is InChI=1S/C27H18FN/c28-26-14-12-20(13-15-26)23-9-11-24-17-22(8-10-25(24)18-23)19-4-6-21(7-5-19)27-3-1-2-16-29-27/h1-18H. The lowest BCUT2D eigenvalue weighted by Gasteiger charge is -2.08. The molecule has 5 rings (SSSR count). The van der Waals surface area contributed by atoms with E-state index in [2.05, 4.69) is 65.6 Å². The Morgan fingerprint density at radius 2 is 1.00 bits per heavy atom. The molecule has 0 saturated carbocycles. The summed E-state index contributed by atoms with van der Waals surface area (Å²) in [5, 5.41) is 2.35. The van der Waals surface area contributed by atoms with Crippen molar-refractivity contribution in [3.05, 3.63) is 115 Å². The highest BCUT2D eigenvalue weighted by Gasteiger charge is 2.04. The largest absolute Gasteiger partial charge is 0.256 e. The summed E-state index contributed by atoms with van der Waals surface area (Å²) >= 11 is 0. The molecule has 0 fully saturated rings. The van der Waals surface area contributed by atoms with Gasteiger partial charge in [0, 0.05) is 11.8 Å². The zero-order valence-electron chi connectivity index (χ0n) is 15.7. The first kappa shape index (κ1) is 17.3. The molecule has 1 heterocycles. The quantitative estimate of drug-likeness (QED) is 0.321. The van der Waals surface area contributed by atoms with E-state index in [9.17, 15) is 4.39 Å². The Hall–Kier alpha value is -3.78. The van der Waals surface area contributed by atoms with Crippen molar-refractivity contribution < 1.29 is 4.39 Å². The molecule has 0 saturated heterocycles. The summed E-state index contributed by atoms with van der Waals surface area (Å²) in [6, 6.07) is 33.9. The number of fused-ring (bicyclic) bond motifs is 1. The predicted octanol–water partition coefficient (Wildman–Crippen LogP) is 7.37. The first-order chi connectivity index (χ1) is 14.3. The lowest BCUT2D eigenvalue weighted by Crippen LogP contribution is -1.84. The van der Waals surface area contributed by atoms with Gasteiger partial charge in [0.15, 0.2) is 0 Å². The Balaban J connectivity index is 1.47. The van der Waals surface area contributed by atoms with Crippen LogP contribution in [-0.4, -0.2) is 4.98 Å². The highest BCUT2D eigenvalue weighted by atomic mass is 19.1. The summed E-state index contributed by atoms with van der Waals surface area (Å²) in [5.41, 5.74) is 6.55. The molecule has 0 bridgehead atoms. The molecular formula is C27H18FN. The van der Waals surface area contributed by atoms with Gasteiger partial charge in [0.05, 0.1) is 5.69 Å². The van der Waals surface area contributed by atoms with Crippen molar-refractivity contribution in [3.63, 3.8) is 0 Å². The van der Waals surface area contributed by atoms with Crippen molar-refractivity contribution in [3.8, 4) is 33.5 Å². The second-order valence-electron chi connectivity index (χ2n) is 7.08. The topological polar surface area (TPSA) is 12.9 Å². The SMILES string of the molecule is Fc1ccc(-c2ccc3cc(-c4ccc(-c5ccccn5)cc4)ccc3c2)cc1. The fraction of sp³-hybridized carbons (Fsp3) is 0. The van der Waals surface area contributed by atoms with Crippen LogP contribution in [0.2, 0.25) is 0 Å². The van der Waals surface area contributed by atoms with E-state index in [-0.39, 0.29) is 5.82 Å². The molecule has 4 aromatic carbocycles. The van der Waals surface area contributed by atoms with Gasteiger partial charge >= 0.3 is 0 Å². The Morgan fingerprint density at radius 3 is 1.55 bits per heavy atom.